The van der Waals surface area contributed by atoms with Gasteiger partial charge in [-0.25, -0.2) is 14.8 Å². The molecule has 3 heterocycles. The van der Waals surface area contributed by atoms with Crippen molar-refractivity contribution < 1.29 is 14.3 Å². The van der Waals surface area contributed by atoms with Crippen molar-refractivity contribution >= 4 is 17.9 Å². The van der Waals surface area contributed by atoms with Crippen molar-refractivity contribution in [3.8, 4) is 17.5 Å². The van der Waals surface area contributed by atoms with E-state index in [1.165, 1.54) is 11.9 Å². The SMILES string of the molecule is COc1cc(Oc2cccc(C=C3CCN(C(=O)Nc4cccnn4)CC3)c2)ncn1. The average molecular weight is 418 g/mol. The maximum Gasteiger partial charge on any atom is 0.323 e. The monoisotopic (exact) mass is 418 g/mol. The number of hydrogen-bond donors (Lipinski definition) is 1. The lowest BCUT2D eigenvalue weighted by atomic mass is 10.0. The zero-order valence-electron chi connectivity index (χ0n) is 17.1. The van der Waals surface area contributed by atoms with Crippen LogP contribution in [0.3, 0.4) is 0 Å². The molecule has 1 N–H and O–H groups in total. The molecular weight excluding hydrogens is 396 g/mol. The molecule has 2 amide bonds. The predicted molar refractivity (Wildman–Crippen MR) is 115 cm³/mol. The van der Waals surface area contributed by atoms with Gasteiger partial charge in [0, 0.05) is 19.3 Å². The van der Waals surface area contributed by atoms with Crippen molar-refractivity contribution in [1.29, 1.82) is 0 Å². The molecule has 4 rings (SSSR count). The molecule has 0 spiro atoms. The summed E-state index contributed by atoms with van der Waals surface area (Å²) in [6, 6.07) is 12.7. The van der Waals surface area contributed by atoms with Gasteiger partial charge in [-0.05, 0) is 42.7 Å². The van der Waals surface area contributed by atoms with Crippen LogP contribution in [0.1, 0.15) is 18.4 Å². The van der Waals surface area contributed by atoms with Gasteiger partial charge in [-0.1, -0.05) is 23.8 Å². The van der Waals surface area contributed by atoms with Crippen LogP contribution in [0.15, 0.2) is 60.6 Å². The number of piperidine rings is 1. The topological polar surface area (TPSA) is 102 Å². The van der Waals surface area contributed by atoms with Crippen molar-refractivity contribution in [3.05, 3.63) is 66.1 Å². The quantitative estimate of drug-likeness (QED) is 0.673. The lowest BCUT2D eigenvalue weighted by molar-refractivity contribution is 0.207. The number of aromatic nitrogens is 4. The Bertz CT molecular complexity index is 1060. The Kier molecular flexibility index (Phi) is 6.32. The number of hydrogen-bond acceptors (Lipinski definition) is 7. The zero-order chi connectivity index (χ0) is 21.5. The van der Waals surface area contributed by atoms with Crippen molar-refractivity contribution in [2.45, 2.75) is 12.8 Å². The molecule has 2 aromatic heterocycles. The third kappa shape index (κ3) is 5.53. The number of nitrogens with zero attached hydrogens (tertiary/aromatic N) is 5. The highest BCUT2D eigenvalue weighted by molar-refractivity contribution is 5.88. The molecule has 9 heteroatoms. The van der Waals surface area contributed by atoms with Crippen LogP contribution < -0.4 is 14.8 Å². The third-order valence-electron chi connectivity index (χ3n) is 4.78. The second kappa shape index (κ2) is 9.66. The summed E-state index contributed by atoms with van der Waals surface area (Å²) in [5.41, 5.74) is 2.32. The lowest BCUT2D eigenvalue weighted by Crippen LogP contribution is -2.39. The van der Waals surface area contributed by atoms with Gasteiger partial charge < -0.3 is 14.4 Å². The van der Waals surface area contributed by atoms with E-state index in [1.54, 1.807) is 36.4 Å². The maximum absolute atomic E-state index is 12.4. The second-order valence-corrected chi connectivity index (χ2v) is 6.90. The molecule has 1 aliphatic heterocycles. The smallest absolute Gasteiger partial charge is 0.323 e. The highest BCUT2D eigenvalue weighted by Crippen LogP contribution is 2.25. The zero-order valence-corrected chi connectivity index (χ0v) is 17.1. The van der Waals surface area contributed by atoms with Crippen LogP contribution in [0.5, 0.6) is 17.5 Å². The Morgan fingerprint density at radius 3 is 2.71 bits per heavy atom. The van der Waals surface area contributed by atoms with E-state index < -0.39 is 0 Å². The molecule has 31 heavy (non-hydrogen) atoms. The number of benzene rings is 1. The number of nitrogens with one attached hydrogen (secondary N) is 1. The molecule has 0 unspecified atom stereocenters. The highest BCUT2D eigenvalue weighted by atomic mass is 16.5. The van der Waals surface area contributed by atoms with Gasteiger partial charge in [0.2, 0.25) is 11.8 Å². The Hall–Kier alpha value is -4.01. The molecule has 158 valence electrons. The molecule has 1 saturated heterocycles. The summed E-state index contributed by atoms with van der Waals surface area (Å²) in [5, 5.41) is 10.4. The van der Waals surface area contributed by atoms with Gasteiger partial charge in [0.15, 0.2) is 5.82 Å². The number of urea groups is 1. The standard InChI is InChI=1S/C22H22N6O3/c1-30-20-14-21(24-15-23-20)31-18-5-2-4-17(13-18)12-16-7-10-28(11-8-16)22(29)26-19-6-3-9-25-27-19/h2-6,9,12-15H,7-8,10-11H2,1H3,(H,26,27,29). The first kappa shape index (κ1) is 20.3. The maximum atomic E-state index is 12.4. The van der Waals surface area contributed by atoms with Crippen molar-refractivity contribution in [1.82, 2.24) is 25.1 Å². The lowest BCUT2D eigenvalue weighted by Gasteiger charge is -2.28. The minimum absolute atomic E-state index is 0.157. The minimum Gasteiger partial charge on any atom is -0.481 e. The molecule has 0 bridgehead atoms. The number of carbonyl (C=O) groups is 1. The number of likely N-dealkylation sites (tertiary alicyclic amines) is 1. The van der Waals surface area contributed by atoms with E-state index in [4.69, 9.17) is 9.47 Å². The summed E-state index contributed by atoms with van der Waals surface area (Å²) in [7, 11) is 1.55. The number of amides is 2. The van der Waals surface area contributed by atoms with Gasteiger partial charge in [0.25, 0.3) is 0 Å². The van der Waals surface area contributed by atoms with E-state index in [2.05, 4.69) is 31.6 Å². The highest BCUT2D eigenvalue weighted by Gasteiger charge is 2.19. The van der Waals surface area contributed by atoms with E-state index >= 15 is 0 Å². The third-order valence-corrected chi connectivity index (χ3v) is 4.78. The molecule has 9 nitrogen and oxygen atoms in total. The van der Waals surface area contributed by atoms with Crippen molar-refractivity contribution in [2.24, 2.45) is 0 Å². The summed E-state index contributed by atoms with van der Waals surface area (Å²) in [4.78, 5) is 22.3. The molecule has 1 aromatic carbocycles. The van der Waals surface area contributed by atoms with Crippen LogP contribution in [0.25, 0.3) is 6.08 Å². The van der Waals surface area contributed by atoms with Crippen LogP contribution in [-0.4, -0.2) is 51.3 Å². The van der Waals surface area contributed by atoms with Crippen LogP contribution in [0, 0.1) is 0 Å². The molecule has 1 aliphatic rings. The summed E-state index contributed by atoms with van der Waals surface area (Å²) in [6.45, 7) is 1.30. The van der Waals surface area contributed by atoms with Crippen LogP contribution >= 0.6 is 0 Å². The van der Waals surface area contributed by atoms with Gasteiger partial charge in [0.1, 0.15) is 12.1 Å². The fraction of sp³-hybridized carbons (Fsp3) is 0.227. The van der Waals surface area contributed by atoms with Gasteiger partial charge in [-0.2, -0.15) is 5.10 Å². The van der Waals surface area contributed by atoms with Gasteiger partial charge in [-0.15, -0.1) is 5.10 Å². The fourth-order valence-corrected chi connectivity index (χ4v) is 3.21. The molecule has 0 radical (unpaired) electrons. The average Bonchev–Trinajstić information content (AvgIpc) is 2.80. The van der Waals surface area contributed by atoms with E-state index in [-0.39, 0.29) is 6.03 Å². The number of ether oxygens (including phenoxy) is 2. The largest absolute Gasteiger partial charge is 0.481 e. The Balaban J connectivity index is 1.35. The van der Waals surface area contributed by atoms with Gasteiger partial charge in [-0.3, -0.25) is 5.32 Å². The van der Waals surface area contributed by atoms with E-state index in [9.17, 15) is 4.79 Å². The molecule has 3 aromatic rings. The minimum atomic E-state index is -0.157. The van der Waals surface area contributed by atoms with Crippen molar-refractivity contribution in [2.75, 3.05) is 25.5 Å². The first-order valence-electron chi connectivity index (χ1n) is 9.86. The first-order valence-corrected chi connectivity index (χ1v) is 9.86. The number of anilines is 1. The molecule has 0 aliphatic carbocycles. The van der Waals surface area contributed by atoms with Crippen LogP contribution in [-0.2, 0) is 0 Å². The molecule has 0 saturated carbocycles. The Morgan fingerprint density at radius 2 is 1.94 bits per heavy atom. The van der Waals surface area contributed by atoms with Gasteiger partial charge in [0.05, 0.1) is 13.2 Å². The van der Waals surface area contributed by atoms with Crippen LogP contribution in [0.4, 0.5) is 10.6 Å². The fourth-order valence-electron chi connectivity index (χ4n) is 3.21. The number of methoxy groups -OCH3 is 1. The Morgan fingerprint density at radius 1 is 1.10 bits per heavy atom. The number of carbonyl (C=O) groups excluding carboxylic acids is 1. The molecular formula is C22H22N6O3. The number of rotatable bonds is 5. The Labute approximate surface area is 179 Å². The van der Waals surface area contributed by atoms with E-state index in [0.717, 1.165) is 18.4 Å². The van der Waals surface area contributed by atoms with Crippen LogP contribution in [0.2, 0.25) is 0 Å². The molecule has 1 fully saturated rings. The van der Waals surface area contributed by atoms with E-state index in [1.807, 2.05) is 24.3 Å². The normalized spacial score (nSPS) is 13.5. The van der Waals surface area contributed by atoms with Crippen molar-refractivity contribution in [3.63, 3.8) is 0 Å². The predicted octanol–water partition coefficient (Wildman–Crippen LogP) is 3.78. The molecule has 0 atom stereocenters. The summed E-state index contributed by atoms with van der Waals surface area (Å²) in [5.74, 6) is 1.99. The van der Waals surface area contributed by atoms with E-state index in [0.29, 0.717) is 36.4 Å². The summed E-state index contributed by atoms with van der Waals surface area (Å²) in [6.07, 6.45) is 6.72. The summed E-state index contributed by atoms with van der Waals surface area (Å²) >= 11 is 0. The summed E-state index contributed by atoms with van der Waals surface area (Å²) < 4.78 is 10.9. The van der Waals surface area contributed by atoms with Gasteiger partial charge >= 0.3 is 6.03 Å². The second-order valence-electron chi connectivity index (χ2n) is 6.90. The first-order chi connectivity index (χ1) is 15.2.